The van der Waals surface area contributed by atoms with Gasteiger partial charge in [0.15, 0.2) is 11.5 Å². The molecule has 0 fully saturated rings. The van der Waals surface area contributed by atoms with Crippen molar-refractivity contribution in [3.63, 3.8) is 0 Å². The molecule has 0 amide bonds. The predicted octanol–water partition coefficient (Wildman–Crippen LogP) is 4.20. The third-order valence-corrected chi connectivity index (χ3v) is 6.68. The molecule has 35 heavy (non-hydrogen) atoms. The third-order valence-electron chi connectivity index (χ3n) is 5.22. The number of aromatic nitrogens is 5. The number of halogens is 2. The molecule has 0 saturated carbocycles. The monoisotopic (exact) mass is 500 g/mol. The average molecular weight is 501 g/mol. The summed E-state index contributed by atoms with van der Waals surface area (Å²) in [5, 5.41) is 6.90. The fourth-order valence-electron chi connectivity index (χ4n) is 3.44. The molecular weight excluding hydrogens is 478 g/mol. The van der Waals surface area contributed by atoms with Crippen molar-refractivity contribution in [2.75, 3.05) is 10.5 Å². The van der Waals surface area contributed by atoms with E-state index in [9.17, 15) is 17.6 Å². The number of benzene rings is 1. The summed E-state index contributed by atoms with van der Waals surface area (Å²) in [5.41, 5.74) is -0.0562. The van der Waals surface area contributed by atoms with Crippen molar-refractivity contribution in [2.24, 2.45) is 0 Å². The van der Waals surface area contributed by atoms with Crippen LogP contribution in [-0.4, -0.2) is 45.1 Å². The molecule has 4 rings (SSSR count). The van der Waals surface area contributed by atoms with Gasteiger partial charge in [0.05, 0.1) is 16.7 Å². The van der Waals surface area contributed by atoms with E-state index in [1.165, 1.54) is 0 Å². The van der Waals surface area contributed by atoms with E-state index in [1.807, 2.05) is 18.6 Å². The zero-order chi connectivity index (χ0) is 25.3. The lowest BCUT2D eigenvalue weighted by Gasteiger charge is -2.11. The first-order valence-corrected chi connectivity index (χ1v) is 12.5. The van der Waals surface area contributed by atoms with Crippen LogP contribution >= 0.6 is 0 Å². The Morgan fingerprint density at radius 1 is 1.09 bits per heavy atom. The summed E-state index contributed by atoms with van der Waals surface area (Å²) in [4.78, 5) is 26.1. The first kappa shape index (κ1) is 24.3. The van der Waals surface area contributed by atoms with E-state index in [4.69, 9.17) is 0 Å². The van der Waals surface area contributed by atoms with Crippen LogP contribution in [0, 0.1) is 11.6 Å². The number of H-pyrrole nitrogens is 1. The van der Waals surface area contributed by atoms with Crippen LogP contribution in [0.2, 0.25) is 0 Å². The van der Waals surface area contributed by atoms with Gasteiger partial charge in [-0.15, -0.1) is 0 Å². The minimum Gasteiger partial charge on any atom is -0.287 e. The molecule has 0 aliphatic carbocycles. The van der Waals surface area contributed by atoms with Gasteiger partial charge in [0.2, 0.25) is 15.8 Å². The standard InChI is InChI=1S/C23H22F2N6O3S/c1-4-7-35(33,34)31-20-17(24)6-5-15(18(20)25)21(32)19-16-8-13(9-28-23(16)30-29-19)14-10-26-22(12(2)3)27-11-14/h5-6,8-12,31H,4,7H2,1-3H3,(H,28,29,30). The SMILES string of the molecule is CCCS(=O)(=O)Nc1c(F)ccc(C(=O)c2n[nH]c3ncc(-c4cnc(C(C)C)nc4)cc23)c1F. The molecule has 0 saturated heterocycles. The lowest BCUT2D eigenvalue weighted by Crippen LogP contribution is -2.19. The first-order valence-electron chi connectivity index (χ1n) is 10.8. The fourth-order valence-corrected chi connectivity index (χ4v) is 4.58. The summed E-state index contributed by atoms with van der Waals surface area (Å²) in [7, 11) is -3.99. The smallest absolute Gasteiger partial charge is 0.232 e. The van der Waals surface area contributed by atoms with Gasteiger partial charge in [-0.3, -0.25) is 14.6 Å². The van der Waals surface area contributed by atoms with Crippen LogP contribution in [0.25, 0.3) is 22.2 Å². The number of carbonyl (C=O) groups excluding carboxylic acids is 1. The van der Waals surface area contributed by atoms with Gasteiger partial charge >= 0.3 is 0 Å². The van der Waals surface area contributed by atoms with Crippen LogP contribution in [0.1, 0.15) is 55.0 Å². The van der Waals surface area contributed by atoms with E-state index >= 15 is 4.39 Å². The number of hydrogen-bond donors (Lipinski definition) is 2. The van der Waals surface area contributed by atoms with Crippen molar-refractivity contribution >= 4 is 32.5 Å². The van der Waals surface area contributed by atoms with Crippen molar-refractivity contribution < 1.29 is 22.0 Å². The number of nitrogens with zero attached hydrogens (tertiary/aromatic N) is 4. The molecule has 3 aromatic heterocycles. The van der Waals surface area contributed by atoms with Gasteiger partial charge in [-0.25, -0.2) is 32.2 Å². The molecule has 9 nitrogen and oxygen atoms in total. The Hall–Kier alpha value is -3.80. The predicted molar refractivity (Wildman–Crippen MR) is 126 cm³/mol. The molecule has 0 spiro atoms. The molecule has 0 aliphatic heterocycles. The number of rotatable bonds is 8. The number of sulfonamides is 1. The highest BCUT2D eigenvalue weighted by Crippen LogP contribution is 2.28. The van der Waals surface area contributed by atoms with Crippen LogP contribution in [-0.2, 0) is 10.0 Å². The van der Waals surface area contributed by atoms with Crippen molar-refractivity contribution in [1.82, 2.24) is 25.1 Å². The molecule has 2 N–H and O–H groups in total. The maximum absolute atomic E-state index is 15.1. The number of nitrogens with one attached hydrogen (secondary N) is 2. The summed E-state index contributed by atoms with van der Waals surface area (Å²) in [5.74, 6) is -2.82. The minimum absolute atomic E-state index is 0.151. The van der Waals surface area contributed by atoms with Gasteiger partial charge < -0.3 is 0 Å². The largest absolute Gasteiger partial charge is 0.287 e. The highest BCUT2D eigenvalue weighted by atomic mass is 32.2. The molecule has 0 aliphatic rings. The quantitative estimate of drug-likeness (QED) is 0.347. The lowest BCUT2D eigenvalue weighted by atomic mass is 10.0. The molecule has 182 valence electrons. The summed E-state index contributed by atoms with van der Waals surface area (Å²) in [6, 6.07) is 3.41. The molecule has 3 heterocycles. The molecule has 0 bridgehead atoms. The second-order valence-corrected chi connectivity index (χ2v) is 10.1. The van der Waals surface area contributed by atoms with E-state index in [0.717, 1.165) is 12.1 Å². The number of anilines is 1. The Kier molecular flexibility index (Phi) is 6.57. The van der Waals surface area contributed by atoms with Gasteiger partial charge in [-0.05, 0) is 24.6 Å². The molecule has 0 radical (unpaired) electrons. The van der Waals surface area contributed by atoms with Gasteiger partial charge in [-0.2, -0.15) is 5.10 Å². The van der Waals surface area contributed by atoms with Gasteiger partial charge in [0, 0.05) is 35.6 Å². The Morgan fingerprint density at radius 3 is 2.43 bits per heavy atom. The number of aromatic amines is 1. The Balaban J connectivity index is 1.74. The van der Waals surface area contributed by atoms with Crippen molar-refractivity contribution in [3.05, 3.63) is 65.5 Å². The molecular formula is C23H22F2N6O3S. The van der Waals surface area contributed by atoms with Crippen LogP contribution in [0.4, 0.5) is 14.5 Å². The number of hydrogen-bond acceptors (Lipinski definition) is 7. The summed E-state index contributed by atoms with van der Waals surface area (Å²) < 4.78 is 55.4. The molecule has 0 unspecified atom stereocenters. The van der Waals surface area contributed by atoms with Crippen LogP contribution < -0.4 is 4.72 Å². The number of carbonyl (C=O) groups is 1. The number of ketones is 1. The number of pyridine rings is 1. The van der Waals surface area contributed by atoms with E-state index in [2.05, 4.69) is 25.1 Å². The molecule has 0 atom stereocenters. The van der Waals surface area contributed by atoms with Crippen molar-refractivity contribution in [2.45, 2.75) is 33.1 Å². The van der Waals surface area contributed by atoms with E-state index in [0.29, 0.717) is 22.3 Å². The van der Waals surface area contributed by atoms with Crippen LogP contribution in [0.15, 0.2) is 36.8 Å². The maximum Gasteiger partial charge on any atom is 0.232 e. The molecule has 1 aromatic carbocycles. The first-order chi connectivity index (χ1) is 16.6. The Labute approximate surface area is 200 Å². The van der Waals surface area contributed by atoms with Crippen molar-refractivity contribution in [3.8, 4) is 11.1 Å². The summed E-state index contributed by atoms with van der Waals surface area (Å²) in [6.45, 7) is 5.56. The highest BCUT2D eigenvalue weighted by molar-refractivity contribution is 7.92. The average Bonchev–Trinajstić information content (AvgIpc) is 3.25. The Bertz CT molecular complexity index is 1520. The zero-order valence-corrected chi connectivity index (χ0v) is 19.9. The zero-order valence-electron chi connectivity index (χ0n) is 19.1. The minimum atomic E-state index is -3.99. The van der Waals surface area contributed by atoms with Gasteiger partial charge in [0.25, 0.3) is 0 Å². The maximum atomic E-state index is 15.1. The summed E-state index contributed by atoms with van der Waals surface area (Å²) >= 11 is 0. The van der Waals surface area contributed by atoms with E-state index in [-0.39, 0.29) is 29.4 Å². The van der Waals surface area contributed by atoms with Crippen LogP contribution in [0.5, 0.6) is 0 Å². The molecule has 12 heteroatoms. The fraction of sp³-hybridized carbons (Fsp3) is 0.261. The number of fused-ring (bicyclic) bond motifs is 1. The normalized spacial score (nSPS) is 11.8. The third kappa shape index (κ3) is 4.87. The summed E-state index contributed by atoms with van der Waals surface area (Å²) in [6.07, 6.45) is 5.08. The second kappa shape index (κ2) is 9.45. The second-order valence-electron chi connectivity index (χ2n) is 8.21. The topological polar surface area (TPSA) is 131 Å². The lowest BCUT2D eigenvalue weighted by molar-refractivity contribution is 0.103. The molecule has 4 aromatic rings. The van der Waals surface area contributed by atoms with E-state index < -0.39 is 38.7 Å². The Morgan fingerprint density at radius 2 is 1.77 bits per heavy atom. The van der Waals surface area contributed by atoms with Crippen molar-refractivity contribution in [1.29, 1.82) is 0 Å². The van der Waals surface area contributed by atoms with Gasteiger partial charge in [0.1, 0.15) is 23.0 Å². The highest BCUT2D eigenvalue weighted by Gasteiger charge is 2.26. The van der Waals surface area contributed by atoms with Crippen LogP contribution in [0.3, 0.4) is 0 Å². The van der Waals surface area contributed by atoms with E-state index in [1.54, 1.807) is 31.6 Å². The van der Waals surface area contributed by atoms with Gasteiger partial charge in [-0.1, -0.05) is 20.8 Å².